The summed E-state index contributed by atoms with van der Waals surface area (Å²) in [7, 11) is 0. The molecule has 1 aliphatic rings. The van der Waals surface area contributed by atoms with Crippen LogP contribution in [0.4, 0.5) is 11.4 Å². The number of hydrogen-bond acceptors (Lipinski definition) is 6. The van der Waals surface area contributed by atoms with E-state index < -0.39 is 18.0 Å². The second-order valence-corrected chi connectivity index (χ2v) is 6.67. The van der Waals surface area contributed by atoms with Gasteiger partial charge in [0.15, 0.2) is 6.10 Å². The molecule has 2 aromatic rings. The topological polar surface area (TPSA) is 102 Å². The fraction of sp³-hybridized carbons (Fsp3) is 0.273. The third-order valence-corrected chi connectivity index (χ3v) is 4.48. The van der Waals surface area contributed by atoms with E-state index in [0.29, 0.717) is 23.7 Å². The quantitative estimate of drug-likeness (QED) is 0.556. The number of carbonyl (C=O) groups is 4. The smallest absolute Gasteiger partial charge is 0.338 e. The van der Waals surface area contributed by atoms with Crippen LogP contribution in [0.15, 0.2) is 48.5 Å². The van der Waals surface area contributed by atoms with Crippen LogP contribution in [0.3, 0.4) is 0 Å². The summed E-state index contributed by atoms with van der Waals surface area (Å²) in [4.78, 5) is 49.6. The molecule has 8 heteroatoms. The van der Waals surface area contributed by atoms with E-state index in [9.17, 15) is 19.2 Å². The molecule has 0 saturated carbocycles. The molecular weight excluding hydrogens is 388 g/mol. The number of benzene rings is 2. The molecule has 0 spiro atoms. The molecule has 0 aliphatic carbocycles. The SMILES string of the molecule is CCOc1ccc(NC(=O)C(C)OC(=O)c2cccc(N3C(=O)CCC3=O)c2)cc1. The zero-order chi connectivity index (χ0) is 21.7. The molecule has 0 radical (unpaired) electrons. The zero-order valence-corrected chi connectivity index (χ0v) is 16.7. The van der Waals surface area contributed by atoms with Crippen molar-refractivity contribution in [3.8, 4) is 5.75 Å². The summed E-state index contributed by atoms with van der Waals surface area (Å²) in [5, 5.41) is 2.67. The van der Waals surface area contributed by atoms with Crippen molar-refractivity contribution in [1.82, 2.24) is 0 Å². The summed E-state index contributed by atoms with van der Waals surface area (Å²) < 4.78 is 10.6. The number of nitrogens with one attached hydrogen (secondary N) is 1. The molecule has 1 unspecified atom stereocenters. The van der Waals surface area contributed by atoms with E-state index in [4.69, 9.17) is 9.47 Å². The zero-order valence-electron chi connectivity index (χ0n) is 16.7. The normalized spacial score (nSPS) is 14.4. The van der Waals surface area contributed by atoms with E-state index >= 15 is 0 Å². The first-order valence-electron chi connectivity index (χ1n) is 9.59. The number of rotatable bonds is 7. The predicted molar refractivity (Wildman–Crippen MR) is 109 cm³/mol. The van der Waals surface area contributed by atoms with Crippen LogP contribution in [0, 0.1) is 0 Å². The first-order chi connectivity index (χ1) is 14.4. The summed E-state index contributed by atoms with van der Waals surface area (Å²) in [6.45, 7) is 3.88. The van der Waals surface area contributed by atoms with Gasteiger partial charge in [-0.05, 0) is 56.3 Å². The van der Waals surface area contributed by atoms with Crippen molar-refractivity contribution >= 4 is 35.1 Å². The number of amides is 3. The molecule has 156 valence electrons. The van der Waals surface area contributed by atoms with Crippen LogP contribution in [-0.2, 0) is 19.1 Å². The average Bonchev–Trinajstić information content (AvgIpc) is 3.07. The van der Waals surface area contributed by atoms with Crippen molar-refractivity contribution < 1.29 is 28.7 Å². The lowest BCUT2D eigenvalue weighted by molar-refractivity contribution is -0.124. The van der Waals surface area contributed by atoms with Crippen LogP contribution in [0.25, 0.3) is 0 Å². The minimum absolute atomic E-state index is 0.140. The molecular formula is C22H22N2O6. The fourth-order valence-corrected chi connectivity index (χ4v) is 2.96. The fourth-order valence-electron chi connectivity index (χ4n) is 2.96. The van der Waals surface area contributed by atoms with Gasteiger partial charge in [0.05, 0.1) is 17.9 Å². The maximum Gasteiger partial charge on any atom is 0.338 e. The maximum atomic E-state index is 12.5. The van der Waals surface area contributed by atoms with Gasteiger partial charge in [0.25, 0.3) is 5.91 Å². The second-order valence-electron chi connectivity index (χ2n) is 6.67. The standard InChI is InChI=1S/C22H22N2O6/c1-3-29-18-9-7-16(8-10-18)23-21(27)14(2)30-22(28)15-5-4-6-17(13-15)24-19(25)11-12-20(24)26/h4-10,13-14H,3,11-12H2,1-2H3,(H,23,27). The van der Waals surface area contributed by atoms with Crippen molar-refractivity contribution in [1.29, 1.82) is 0 Å². The highest BCUT2D eigenvalue weighted by Crippen LogP contribution is 2.24. The molecule has 30 heavy (non-hydrogen) atoms. The number of anilines is 2. The molecule has 1 atom stereocenters. The van der Waals surface area contributed by atoms with Gasteiger partial charge < -0.3 is 14.8 Å². The van der Waals surface area contributed by atoms with Crippen LogP contribution in [0.2, 0.25) is 0 Å². The first kappa shape index (κ1) is 21.0. The van der Waals surface area contributed by atoms with Crippen LogP contribution in [0.1, 0.15) is 37.0 Å². The van der Waals surface area contributed by atoms with Crippen LogP contribution in [-0.4, -0.2) is 36.4 Å². The Bertz CT molecular complexity index is 954. The molecule has 1 aliphatic heterocycles. The summed E-state index contributed by atoms with van der Waals surface area (Å²) in [5.41, 5.74) is 0.989. The van der Waals surface area contributed by atoms with Crippen LogP contribution < -0.4 is 15.0 Å². The third kappa shape index (κ3) is 4.83. The Morgan fingerprint density at radius 1 is 1.07 bits per heavy atom. The summed E-state index contributed by atoms with van der Waals surface area (Å²) >= 11 is 0. The molecule has 1 N–H and O–H groups in total. The molecule has 8 nitrogen and oxygen atoms in total. The Morgan fingerprint density at radius 2 is 1.73 bits per heavy atom. The Kier molecular flexibility index (Phi) is 6.46. The number of nitrogens with zero attached hydrogens (tertiary/aromatic N) is 1. The average molecular weight is 410 g/mol. The van der Waals surface area contributed by atoms with Crippen molar-refractivity contribution in [2.24, 2.45) is 0 Å². The maximum absolute atomic E-state index is 12.5. The minimum Gasteiger partial charge on any atom is -0.494 e. The van der Waals surface area contributed by atoms with Crippen molar-refractivity contribution in [2.75, 3.05) is 16.8 Å². The van der Waals surface area contributed by atoms with Gasteiger partial charge in [0.2, 0.25) is 11.8 Å². The minimum atomic E-state index is -1.05. The highest BCUT2D eigenvalue weighted by molar-refractivity contribution is 6.20. The second kappa shape index (κ2) is 9.21. The Labute approximate surface area is 173 Å². The lowest BCUT2D eigenvalue weighted by atomic mass is 10.2. The number of esters is 1. The van der Waals surface area contributed by atoms with Gasteiger partial charge >= 0.3 is 5.97 Å². The van der Waals surface area contributed by atoms with Crippen molar-refractivity contribution in [2.45, 2.75) is 32.8 Å². The number of hydrogen-bond donors (Lipinski definition) is 1. The third-order valence-electron chi connectivity index (χ3n) is 4.48. The van der Waals surface area contributed by atoms with Crippen LogP contribution >= 0.6 is 0 Å². The van der Waals surface area contributed by atoms with Gasteiger partial charge in [-0.3, -0.25) is 19.3 Å². The lowest BCUT2D eigenvalue weighted by Gasteiger charge is -2.16. The molecule has 3 amide bonds. The highest BCUT2D eigenvalue weighted by atomic mass is 16.5. The molecule has 1 heterocycles. The molecule has 1 fully saturated rings. The Balaban J connectivity index is 1.62. The largest absolute Gasteiger partial charge is 0.494 e. The lowest BCUT2D eigenvalue weighted by Crippen LogP contribution is -2.30. The predicted octanol–water partition coefficient (Wildman–Crippen LogP) is 2.92. The molecule has 0 bridgehead atoms. The number of carbonyl (C=O) groups excluding carboxylic acids is 4. The van der Waals surface area contributed by atoms with Gasteiger partial charge in [-0.2, -0.15) is 0 Å². The molecule has 0 aromatic heterocycles. The highest BCUT2D eigenvalue weighted by Gasteiger charge is 2.30. The summed E-state index contributed by atoms with van der Waals surface area (Å²) in [6.07, 6.45) is -0.755. The Morgan fingerprint density at radius 3 is 2.37 bits per heavy atom. The molecule has 3 rings (SSSR count). The van der Waals surface area contributed by atoms with Crippen LogP contribution in [0.5, 0.6) is 5.75 Å². The van der Waals surface area contributed by atoms with E-state index in [-0.39, 0.29) is 30.2 Å². The van der Waals surface area contributed by atoms with E-state index in [1.807, 2.05) is 6.92 Å². The van der Waals surface area contributed by atoms with E-state index in [0.717, 1.165) is 4.90 Å². The summed E-state index contributed by atoms with van der Waals surface area (Å²) in [5.74, 6) is -1.16. The van der Waals surface area contributed by atoms with E-state index in [1.165, 1.54) is 19.1 Å². The monoisotopic (exact) mass is 410 g/mol. The van der Waals surface area contributed by atoms with E-state index in [1.54, 1.807) is 36.4 Å². The molecule has 1 saturated heterocycles. The van der Waals surface area contributed by atoms with Gasteiger partial charge in [-0.15, -0.1) is 0 Å². The van der Waals surface area contributed by atoms with Gasteiger partial charge in [-0.1, -0.05) is 6.07 Å². The first-order valence-corrected chi connectivity index (χ1v) is 9.59. The number of imide groups is 1. The van der Waals surface area contributed by atoms with E-state index in [2.05, 4.69) is 5.32 Å². The summed E-state index contributed by atoms with van der Waals surface area (Å²) in [6, 6.07) is 12.8. The number of ether oxygens (including phenoxy) is 2. The van der Waals surface area contributed by atoms with Gasteiger partial charge in [0.1, 0.15) is 5.75 Å². The molecule has 2 aromatic carbocycles. The van der Waals surface area contributed by atoms with Gasteiger partial charge in [0, 0.05) is 18.5 Å². The van der Waals surface area contributed by atoms with Gasteiger partial charge in [-0.25, -0.2) is 4.79 Å². The van der Waals surface area contributed by atoms with Crippen molar-refractivity contribution in [3.63, 3.8) is 0 Å². The van der Waals surface area contributed by atoms with Crippen molar-refractivity contribution in [3.05, 3.63) is 54.1 Å². The Hall–Kier alpha value is -3.68.